The van der Waals surface area contributed by atoms with E-state index >= 15 is 0 Å². The SMILES string of the molecule is Cc1cc(C(=S)NCCBr)c(C)cc1SOO[O-].[Na+]. The van der Waals surface area contributed by atoms with Crippen LogP contribution in [-0.2, 0) is 9.37 Å². The van der Waals surface area contributed by atoms with Crippen molar-refractivity contribution < 1.29 is 44.2 Å². The summed E-state index contributed by atoms with van der Waals surface area (Å²) < 4.78 is 4.33. The molecule has 1 rings (SSSR count). The Labute approximate surface area is 153 Å². The van der Waals surface area contributed by atoms with E-state index in [1.165, 1.54) is 0 Å². The minimum absolute atomic E-state index is 0. The molecule has 1 N–H and O–H groups in total. The van der Waals surface area contributed by atoms with Gasteiger partial charge in [-0.05, 0) is 37.1 Å². The predicted octanol–water partition coefficient (Wildman–Crippen LogP) is -0.802. The molecule has 1 aromatic carbocycles. The molecule has 0 aliphatic heterocycles. The molecule has 0 saturated carbocycles. The number of nitrogens with one attached hydrogen (secondary N) is 1. The van der Waals surface area contributed by atoms with Crippen LogP contribution in [0.4, 0.5) is 0 Å². The van der Waals surface area contributed by atoms with Crippen molar-refractivity contribution in [2.45, 2.75) is 18.7 Å². The quantitative estimate of drug-likeness (QED) is 0.176. The van der Waals surface area contributed by atoms with Gasteiger partial charge in [0.25, 0.3) is 0 Å². The van der Waals surface area contributed by atoms with Crippen LogP contribution in [0, 0.1) is 13.8 Å². The van der Waals surface area contributed by atoms with Crippen LogP contribution in [0.25, 0.3) is 0 Å². The Hall–Kier alpha value is 0.820. The number of hydrogen-bond donors (Lipinski definition) is 1. The molecule has 0 aliphatic rings. The van der Waals surface area contributed by atoms with Gasteiger partial charge < -0.3 is 10.6 Å². The summed E-state index contributed by atoms with van der Waals surface area (Å²) in [5, 5.41) is 17.1. The van der Waals surface area contributed by atoms with Crippen molar-refractivity contribution in [2.75, 3.05) is 11.9 Å². The first-order valence-corrected chi connectivity index (χ1v) is 7.46. The van der Waals surface area contributed by atoms with Crippen molar-refractivity contribution in [3.8, 4) is 0 Å². The summed E-state index contributed by atoms with van der Waals surface area (Å²) >= 11 is 9.55. The molecule has 100 valence electrons. The molecule has 0 saturated heterocycles. The van der Waals surface area contributed by atoms with Gasteiger partial charge in [-0.25, -0.2) is 0 Å². The van der Waals surface area contributed by atoms with Crippen molar-refractivity contribution in [1.82, 2.24) is 5.32 Å². The van der Waals surface area contributed by atoms with E-state index < -0.39 is 0 Å². The zero-order valence-electron chi connectivity index (χ0n) is 11.0. The van der Waals surface area contributed by atoms with Gasteiger partial charge in [0.2, 0.25) is 0 Å². The van der Waals surface area contributed by atoms with Gasteiger partial charge >= 0.3 is 29.6 Å². The van der Waals surface area contributed by atoms with Crippen molar-refractivity contribution >= 4 is 45.2 Å². The molecule has 0 aliphatic carbocycles. The maximum atomic E-state index is 9.81. The number of hydrogen-bond acceptors (Lipinski definition) is 5. The molecule has 0 radical (unpaired) electrons. The van der Waals surface area contributed by atoms with Crippen LogP contribution < -0.4 is 40.1 Å². The van der Waals surface area contributed by atoms with E-state index in [0.717, 1.165) is 45.5 Å². The standard InChI is InChI=1S/C11H14BrNO3S2.Na/c1-7-6-10(18-16-15-14)8(2)5-9(7)11(17)13-4-3-12;/h5-6,14H,3-4H2,1-2H3,(H,13,17);/q;+1/p-1. The van der Waals surface area contributed by atoms with E-state index in [1.807, 2.05) is 26.0 Å². The molecule has 0 spiro atoms. The normalized spacial score (nSPS) is 9.89. The summed E-state index contributed by atoms with van der Waals surface area (Å²) in [6, 6.07) is 3.88. The zero-order chi connectivity index (χ0) is 13.5. The third-order valence-corrected chi connectivity index (χ3v) is 3.80. The summed E-state index contributed by atoms with van der Waals surface area (Å²) in [5.74, 6) is 0. The van der Waals surface area contributed by atoms with Gasteiger partial charge in [0, 0.05) is 22.3 Å². The summed E-state index contributed by atoms with van der Waals surface area (Å²) in [6.45, 7) is 4.66. The number of rotatable bonds is 6. The van der Waals surface area contributed by atoms with Crippen LogP contribution in [0.1, 0.15) is 16.7 Å². The van der Waals surface area contributed by atoms with E-state index in [2.05, 4.69) is 30.6 Å². The second-order valence-electron chi connectivity index (χ2n) is 3.60. The van der Waals surface area contributed by atoms with Crippen LogP contribution >= 0.6 is 40.2 Å². The Bertz CT molecular complexity index is 435. The molecule has 1 aromatic rings. The van der Waals surface area contributed by atoms with E-state index in [9.17, 15) is 5.26 Å². The molecule has 4 nitrogen and oxygen atoms in total. The molecule has 0 atom stereocenters. The first kappa shape index (κ1) is 19.8. The number of thiocarbonyl (C=S) groups is 1. The Morgan fingerprint density at radius 3 is 2.68 bits per heavy atom. The average Bonchev–Trinajstić information content (AvgIpc) is 2.36. The van der Waals surface area contributed by atoms with Crippen molar-refractivity contribution in [1.29, 1.82) is 0 Å². The monoisotopic (exact) mass is 373 g/mol. The van der Waals surface area contributed by atoms with Crippen molar-refractivity contribution in [2.24, 2.45) is 0 Å². The molecule has 0 amide bonds. The van der Waals surface area contributed by atoms with Gasteiger partial charge in [-0.1, -0.05) is 28.1 Å². The van der Waals surface area contributed by atoms with Gasteiger partial charge in [0.05, 0.1) is 12.0 Å². The molecule has 8 heteroatoms. The predicted molar refractivity (Wildman–Crippen MR) is 77.4 cm³/mol. The van der Waals surface area contributed by atoms with E-state index in [-0.39, 0.29) is 29.6 Å². The molecular weight excluding hydrogens is 361 g/mol. The Morgan fingerprint density at radius 2 is 2.11 bits per heavy atom. The first-order chi connectivity index (χ1) is 8.60. The number of aryl methyl sites for hydroxylation is 2. The summed E-state index contributed by atoms with van der Waals surface area (Å²) in [7, 11) is 0. The van der Waals surface area contributed by atoms with Crippen LogP contribution in [-0.4, -0.2) is 16.9 Å². The fourth-order valence-corrected chi connectivity index (χ4v) is 2.47. The zero-order valence-corrected chi connectivity index (χ0v) is 16.2. The molecule has 0 heterocycles. The maximum Gasteiger partial charge on any atom is 1.00 e. The van der Waals surface area contributed by atoms with Gasteiger partial charge in [-0.15, -0.1) is 0 Å². The third kappa shape index (κ3) is 6.41. The summed E-state index contributed by atoms with van der Waals surface area (Å²) in [6.07, 6.45) is 0. The Balaban J connectivity index is 0.00000324. The van der Waals surface area contributed by atoms with Crippen LogP contribution in [0.3, 0.4) is 0 Å². The van der Waals surface area contributed by atoms with Crippen LogP contribution in [0.15, 0.2) is 17.0 Å². The van der Waals surface area contributed by atoms with Gasteiger partial charge in [0.15, 0.2) is 0 Å². The molecule has 0 aromatic heterocycles. The van der Waals surface area contributed by atoms with Gasteiger partial charge in [-0.3, -0.25) is 5.04 Å². The summed E-state index contributed by atoms with van der Waals surface area (Å²) in [5.41, 5.74) is 2.97. The second-order valence-corrected chi connectivity index (χ2v) is 5.54. The second kappa shape index (κ2) is 10.5. The molecular formula is C11H13BrNNaO3S2. The minimum atomic E-state index is 0. The van der Waals surface area contributed by atoms with Crippen molar-refractivity contribution in [3.63, 3.8) is 0 Å². The fraction of sp³-hybridized carbons (Fsp3) is 0.364. The largest absolute Gasteiger partial charge is 1.00 e. The van der Waals surface area contributed by atoms with E-state index in [4.69, 9.17) is 12.2 Å². The van der Waals surface area contributed by atoms with Gasteiger partial charge in [0.1, 0.15) is 4.99 Å². The molecule has 0 fully saturated rings. The van der Waals surface area contributed by atoms with Crippen molar-refractivity contribution in [3.05, 3.63) is 28.8 Å². The molecule has 0 bridgehead atoms. The van der Waals surface area contributed by atoms with Crippen LogP contribution in [0.5, 0.6) is 0 Å². The van der Waals surface area contributed by atoms with E-state index in [1.54, 1.807) is 0 Å². The Kier molecular flexibility index (Phi) is 11.0. The smallest absolute Gasteiger partial charge is 0.691 e. The Morgan fingerprint density at radius 1 is 1.42 bits per heavy atom. The average molecular weight is 374 g/mol. The third-order valence-electron chi connectivity index (χ3n) is 2.30. The molecule has 0 unspecified atom stereocenters. The maximum absolute atomic E-state index is 9.81. The first-order valence-electron chi connectivity index (χ1n) is 5.18. The summed E-state index contributed by atoms with van der Waals surface area (Å²) in [4.78, 5) is 1.54. The number of alkyl halides is 1. The topological polar surface area (TPSA) is 53.5 Å². The molecule has 19 heavy (non-hydrogen) atoms. The number of benzene rings is 1. The van der Waals surface area contributed by atoms with E-state index in [0.29, 0.717) is 4.99 Å². The minimum Gasteiger partial charge on any atom is -0.691 e. The van der Waals surface area contributed by atoms with Gasteiger partial charge in [-0.2, -0.15) is 4.33 Å². The number of halogens is 1. The fourth-order valence-electron chi connectivity index (χ4n) is 1.43. The van der Waals surface area contributed by atoms with Crippen LogP contribution in [0.2, 0.25) is 0 Å².